The van der Waals surface area contributed by atoms with Gasteiger partial charge in [0.1, 0.15) is 36.1 Å². The van der Waals surface area contributed by atoms with Crippen molar-refractivity contribution in [3.63, 3.8) is 0 Å². The molecule has 36 heavy (non-hydrogen) atoms. The molecule has 3 saturated heterocycles. The molecule has 0 aromatic carbocycles. The molecule has 10 heteroatoms. The molecule has 3 rings (SSSR count). The number of aliphatic hydroxyl groups excluding tert-OH is 1. The first-order valence-corrected chi connectivity index (χ1v) is 12.1. The molecule has 0 unspecified atom stereocenters. The second kappa shape index (κ2) is 11.6. The van der Waals surface area contributed by atoms with Gasteiger partial charge in [-0.1, -0.05) is 12.2 Å². The number of cyclic esters (lactones) is 1. The Balaban J connectivity index is 0.000000254. The molecule has 8 atom stereocenters. The number of ether oxygens (including phenoxy) is 7. The van der Waals surface area contributed by atoms with Crippen molar-refractivity contribution >= 4 is 5.97 Å². The van der Waals surface area contributed by atoms with Gasteiger partial charge >= 0.3 is 5.97 Å². The van der Waals surface area contributed by atoms with Crippen LogP contribution in [0.15, 0.2) is 25.3 Å². The van der Waals surface area contributed by atoms with E-state index in [2.05, 4.69) is 13.2 Å². The Bertz CT molecular complexity index is 779. The van der Waals surface area contributed by atoms with E-state index < -0.39 is 59.3 Å². The number of carbonyl (C=O) groups is 1. The summed E-state index contributed by atoms with van der Waals surface area (Å²) in [6.07, 6.45) is 1.02. The van der Waals surface area contributed by atoms with E-state index in [1.807, 2.05) is 6.92 Å². The van der Waals surface area contributed by atoms with Crippen LogP contribution in [0.2, 0.25) is 0 Å². The van der Waals surface area contributed by atoms with Gasteiger partial charge in [0.25, 0.3) is 0 Å². The zero-order valence-corrected chi connectivity index (χ0v) is 22.8. The van der Waals surface area contributed by atoms with Crippen molar-refractivity contribution < 1.29 is 48.2 Å². The molecule has 0 radical (unpaired) electrons. The van der Waals surface area contributed by atoms with Crippen LogP contribution in [-0.2, 0) is 38.0 Å². The van der Waals surface area contributed by atoms with Gasteiger partial charge in [0.15, 0.2) is 17.7 Å². The maximum Gasteiger partial charge on any atom is 0.338 e. The topological polar surface area (TPSA) is 122 Å². The maximum absolute atomic E-state index is 12.0. The lowest BCUT2D eigenvalue weighted by Gasteiger charge is -2.43. The molecule has 0 saturated carbocycles. The minimum atomic E-state index is -1.13. The Morgan fingerprint density at radius 1 is 1.06 bits per heavy atom. The smallest absolute Gasteiger partial charge is 0.338 e. The van der Waals surface area contributed by atoms with Crippen molar-refractivity contribution in [1.82, 2.24) is 0 Å². The number of aliphatic hydroxyl groups is 2. The summed E-state index contributed by atoms with van der Waals surface area (Å²) in [7, 11) is 3.09. The van der Waals surface area contributed by atoms with Gasteiger partial charge in [-0.15, -0.1) is 13.2 Å². The third kappa shape index (κ3) is 6.73. The zero-order valence-electron chi connectivity index (χ0n) is 22.8. The molecule has 208 valence electrons. The predicted molar refractivity (Wildman–Crippen MR) is 131 cm³/mol. The third-order valence-electron chi connectivity index (χ3n) is 6.52. The fraction of sp³-hybridized carbons (Fsp3) is 0.808. The van der Waals surface area contributed by atoms with Crippen molar-refractivity contribution in [3.8, 4) is 0 Å². The van der Waals surface area contributed by atoms with Gasteiger partial charge in [-0.2, -0.15) is 0 Å². The Morgan fingerprint density at radius 3 is 2.17 bits per heavy atom. The van der Waals surface area contributed by atoms with E-state index in [-0.39, 0.29) is 12.7 Å². The average molecular weight is 517 g/mol. The first-order valence-electron chi connectivity index (χ1n) is 12.1. The van der Waals surface area contributed by atoms with E-state index in [0.29, 0.717) is 12.8 Å². The molecule has 10 nitrogen and oxygen atoms in total. The van der Waals surface area contributed by atoms with Crippen molar-refractivity contribution in [2.24, 2.45) is 0 Å². The number of rotatable bonds is 9. The minimum absolute atomic E-state index is 0.182. The van der Waals surface area contributed by atoms with Crippen LogP contribution < -0.4 is 0 Å². The van der Waals surface area contributed by atoms with Crippen molar-refractivity contribution in [2.75, 3.05) is 20.8 Å². The van der Waals surface area contributed by atoms with Gasteiger partial charge < -0.3 is 43.4 Å². The van der Waals surface area contributed by atoms with Gasteiger partial charge in [0, 0.05) is 20.6 Å². The van der Waals surface area contributed by atoms with E-state index in [1.54, 1.807) is 53.9 Å². The lowest BCUT2D eigenvalue weighted by molar-refractivity contribution is -0.214. The second-order valence-corrected chi connectivity index (χ2v) is 10.7. The van der Waals surface area contributed by atoms with E-state index >= 15 is 0 Å². The summed E-state index contributed by atoms with van der Waals surface area (Å²) in [5.41, 5.74) is -1.89. The highest BCUT2D eigenvalue weighted by Gasteiger charge is 2.60. The van der Waals surface area contributed by atoms with Crippen LogP contribution >= 0.6 is 0 Å². The summed E-state index contributed by atoms with van der Waals surface area (Å²) in [6, 6.07) is 0. The highest BCUT2D eigenvalue weighted by Crippen LogP contribution is 2.41. The summed E-state index contributed by atoms with van der Waals surface area (Å²) < 4.78 is 39.0. The highest BCUT2D eigenvalue weighted by molar-refractivity contribution is 5.77. The zero-order chi connectivity index (χ0) is 27.5. The molecule has 0 aromatic heterocycles. The molecule has 0 spiro atoms. The Hall–Kier alpha value is -1.37. The largest absolute Gasteiger partial charge is 0.454 e. The standard InChI is InChI=1S/C13H20O5.C13H24O5/c1-6-7-13(4)10(15-5)8-9(11(14)18-13)17-12(2,3)16-8;1-6-7-13(4,15)11(16-5)10-9(8-14)17-12(2,3)18-10/h6,8-10H,1,7H2,2-5H3;6,9-11,14-15H,1,7-8H2,2-5H3/t8-,9+,10+,13-;9-,10-,11+,13-/m00/s1. The van der Waals surface area contributed by atoms with Gasteiger partial charge in [-0.05, 0) is 48.0 Å². The molecule has 0 amide bonds. The maximum atomic E-state index is 12.0. The predicted octanol–water partition coefficient (Wildman–Crippen LogP) is 2.25. The molecule has 3 heterocycles. The fourth-order valence-corrected chi connectivity index (χ4v) is 5.13. The van der Waals surface area contributed by atoms with Gasteiger partial charge in [0.2, 0.25) is 0 Å². The van der Waals surface area contributed by atoms with E-state index in [9.17, 15) is 15.0 Å². The summed E-state index contributed by atoms with van der Waals surface area (Å²) in [5.74, 6) is -1.99. The quantitative estimate of drug-likeness (QED) is 0.348. The molecule has 3 aliphatic heterocycles. The molecule has 3 aliphatic rings. The van der Waals surface area contributed by atoms with Crippen molar-refractivity contribution in [3.05, 3.63) is 25.3 Å². The molecule has 3 fully saturated rings. The number of hydrogen-bond acceptors (Lipinski definition) is 10. The highest BCUT2D eigenvalue weighted by atomic mass is 16.8. The lowest BCUT2D eigenvalue weighted by Crippen LogP contribution is -2.61. The van der Waals surface area contributed by atoms with Gasteiger partial charge in [-0.25, -0.2) is 4.79 Å². The molecular weight excluding hydrogens is 472 g/mol. The molecule has 0 aromatic rings. The van der Waals surface area contributed by atoms with Crippen LogP contribution in [0.5, 0.6) is 0 Å². The molecule has 0 bridgehead atoms. The Kier molecular flexibility index (Phi) is 9.92. The second-order valence-electron chi connectivity index (χ2n) is 10.7. The third-order valence-corrected chi connectivity index (χ3v) is 6.52. The Morgan fingerprint density at radius 2 is 1.67 bits per heavy atom. The van der Waals surface area contributed by atoms with Crippen LogP contribution in [0, 0.1) is 0 Å². The molecule has 0 aliphatic carbocycles. The normalized spacial score (nSPS) is 37.1. The SMILES string of the molecule is C=CC[C@](C)(O)[C@H](OC)[C@H]1OC(C)(C)O[C@H]1CO.C=CC[C@]1(C)OC(=O)[C@@H]2OC(C)(C)O[C@@H]2[C@H]1OC. The monoisotopic (exact) mass is 516 g/mol. The van der Waals surface area contributed by atoms with Crippen LogP contribution in [0.1, 0.15) is 54.4 Å². The van der Waals surface area contributed by atoms with Gasteiger partial charge in [0.05, 0.1) is 12.2 Å². The van der Waals surface area contributed by atoms with Crippen LogP contribution in [0.4, 0.5) is 0 Å². The number of methoxy groups -OCH3 is 2. The molecular formula is C26H44O10. The van der Waals surface area contributed by atoms with E-state index in [4.69, 9.17) is 33.2 Å². The number of carbonyl (C=O) groups excluding carboxylic acids is 1. The van der Waals surface area contributed by atoms with Crippen LogP contribution in [0.25, 0.3) is 0 Å². The summed E-state index contributed by atoms with van der Waals surface area (Å²) >= 11 is 0. The number of esters is 1. The summed E-state index contributed by atoms with van der Waals surface area (Å²) in [4.78, 5) is 12.0. The number of fused-ring (bicyclic) bond motifs is 1. The lowest BCUT2D eigenvalue weighted by atomic mass is 9.86. The van der Waals surface area contributed by atoms with Crippen LogP contribution in [0.3, 0.4) is 0 Å². The average Bonchev–Trinajstić information content (AvgIpc) is 3.23. The van der Waals surface area contributed by atoms with E-state index in [0.717, 1.165) is 0 Å². The minimum Gasteiger partial charge on any atom is -0.454 e. The van der Waals surface area contributed by atoms with Crippen molar-refractivity contribution in [1.29, 1.82) is 0 Å². The van der Waals surface area contributed by atoms with Crippen molar-refractivity contribution in [2.45, 2.75) is 114 Å². The van der Waals surface area contributed by atoms with Crippen LogP contribution in [-0.4, -0.2) is 96.4 Å². The molecule has 2 N–H and O–H groups in total. The van der Waals surface area contributed by atoms with E-state index in [1.165, 1.54) is 7.11 Å². The first kappa shape index (κ1) is 30.9. The van der Waals surface area contributed by atoms with Gasteiger partial charge in [-0.3, -0.25) is 0 Å². The first-order chi connectivity index (χ1) is 16.6. The summed E-state index contributed by atoms with van der Waals surface area (Å²) in [6.45, 7) is 17.7. The Labute approximate surface area is 214 Å². The fourth-order valence-electron chi connectivity index (χ4n) is 5.13. The number of hydrogen-bond donors (Lipinski definition) is 2. The summed E-state index contributed by atoms with van der Waals surface area (Å²) in [5, 5.41) is 19.8.